The lowest BCUT2D eigenvalue weighted by Gasteiger charge is -2.26. The SMILES string of the molecule is CCCN1C(=O)C(=O)/C(=C(/O)c2cc(C(C)(C)C)ccc2C)C1c1ccc(OCc2ccccc2)c(OC)c1. The number of nitrogens with zero attached hydrogens (tertiary/aromatic N) is 1. The van der Waals surface area contributed by atoms with Crippen LogP contribution in [0, 0.1) is 6.92 Å². The first kappa shape index (κ1) is 28.0. The Morgan fingerprint density at radius 2 is 1.69 bits per heavy atom. The number of aliphatic hydroxyl groups excluding tert-OH is 1. The van der Waals surface area contributed by atoms with Crippen molar-refractivity contribution in [1.29, 1.82) is 0 Å². The van der Waals surface area contributed by atoms with E-state index in [0.717, 1.165) is 16.7 Å². The molecule has 0 aliphatic carbocycles. The summed E-state index contributed by atoms with van der Waals surface area (Å²) in [6, 6.07) is 20.3. The number of aliphatic hydroxyl groups is 1. The van der Waals surface area contributed by atoms with Crippen LogP contribution in [0.25, 0.3) is 5.76 Å². The van der Waals surface area contributed by atoms with E-state index in [-0.39, 0.29) is 16.7 Å². The molecule has 1 unspecified atom stereocenters. The van der Waals surface area contributed by atoms with Crippen molar-refractivity contribution >= 4 is 17.4 Å². The van der Waals surface area contributed by atoms with Gasteiger partial charge in [-0.25, -0.2) is 0 Å². The van der Waals surface area contributed by atoms with Gasteiger partial charge >= 0.3 is 0 Å². The molecule has 0 bridgehead atoms. The number of rotatable bonds is 8. The summed E-state index contributed by atoms with van der Waals surface area (Å²) >= 11 is 0. The molecule has 39 heavy (non-hydrogen) atoms. The Kier molecular flexibility index (Phi) is 8.14. The molecule has 1 aliphatic heterocycles. The van der Waals surface area contributed by atoms with Gasteiger partial charge < -0.3 is 19.5 Å². The lowest BCUT2D eigenvalue weighted by atomic mass is 9.84. The van der Waals surface area contributed by atoms with E-state index >= 15 is 0 Å². The zero-order chi connectivity index (χ0) is 28.3. The van der Waals surface area contributed by atoms with Crippen LogP contribution in [-0.2, 0) is 21.6 Å². The molecule has 1 aliphatic rings. The van der Waals surface area contributed by atoms with Crippen LogP contribution < -0.4 is 9.47 Å². The maximum Gasteiger partial charge on any atom is 0.295 e. The molecule has 1 heterocycles. The van der Waals surface area contributed by atoms with E-state index < -0.39 is 17.7 Å². The molecule has 0 saturated carbocycles. The smallest absolute Gasteiger partial charge is 0.295 e. The van der Waals surface area contributed by atoms with Crippen molar-refractivity contribution in [2.24, 2.45) is 0 Å². The number of amides is 1. The van der Waals surface area contributed by atoms with E-state index in [0.29, 0.717) is 42.2 Å². The number of likely N-dealkylation sites (tertiary alicyclic amines) is 1. The molecule has 3 aromatic carbocycles. The summed E-state index contributed by atoms with van der Waals surface area (Å²) in [6.45, 7) is 10.9. The van der Waals surface area contributed by atoms with Gasteiger partial charge in [0.1, 0.15) is 12.4 Å². The van der Waals surface area contributed by atoms with Crippen molar-refractivity contribution in [2.45, 2.75) is 59.1 Å². The molecule has 1 atom stereocenters. The number of aryl methyl sites for hydroxylation is 1. The molecule has 1 fully saturated rings. The Balaban J connectivity index is 1.81. The number of hydrogen-bond acceptors (Lipinski definition) is 5. The predicted molar refractivity (Wildman–Crippen MR) is 153 cm³/mol. The van der Waals surface area contributed by atoms with Crippen molar-refractivity contribution in [3.63, 3.8) is 0 Å². The summed E-state index contributed by atoms with van der Waals surface area (Å²) in [5.41, 5.74) is 4.02. The number of carbonyl (C=O) groups excluding carboxylic acids is 2. The highest BCUT2D eigenvalue weighted by molar-refractivity contribution is 6.46. The second kappa shape index (κ2) is 11.4. The Morgan fingerprint density at radius 3 is 2.33 bits per heavy atom. The number of ether oxygens (including phenoxy) is 2. The number of Topliss-reactive ketones (excluding diaryl/α,β-unsaturated/α-hetero) is 1. The van der Waals surface area contributed by atoms with Crippen LogP contribution in [0.3, 0.4) is 0 Å². The van der Waals surface area contributed by atoms with Crippen LogP contribution >= 0.6 is 0 Å². The van der Waals surface area contributed by atoms with Gasteiger partial charge in [0, 0.05) is 12.1 Å². The molecule has 6 heteroatoms. The third-order valence-corrected chi connectivity index (χ3v) is 7.10. The van der Waals surface area contributed by atoms with Gasteiger partial charge in [0.05, 0.1) is 18.7 Å². The molecule has 1 N–H and O–H groups in total. The summed E-state index contributed by atoms with van der Waals surface area (Å²) < 4.78 is 11.7. The van der Waals surface area contributed by atoms with Gasteiger partial charge in [-0.05, 0) is 59.2 Å². The first-order chi connectivity index (χ1) is 18.6. The molecule has 1 saturated heterocycles. The van der Waals surface area contributed by atoms with Crippen LogP contribution in [0.4, 0.5) is 0 Å². The number of hydrogen-bond donors (Lipinski definition) is 1. The Bertz CT molecular complexity index is 1400. The highest BCUT2D eigenvalue weighted by Crippen LogP contribution is 2.43. The summed E-state index contributed by atoms with van der Waals surface area (Å²) in [6.07, 6.45) is 0.664. The zero-order valence-corrected chi connectivity index (χ0v) is 23.6. The third-order valence-electron chi connectivity index (χ3n) is 7.10. The summed E-state index contributed by atoms with van der Waals surface area (Å²) in [4.78, 5) is 28.1. The molecule has 0 spiro atoms. The fourth-order valence-electron chi connectivity index (χ4n) is 4.90. The van der Waals surface area contributed by atoms with Crippen LogP contribution in [0.2, 0.25) is 0 Å². The summed E-state index contributed by atoms with van der Waals surface area (Å²) in [7, 11) is 1.55. The first-order valence-electron chi connectivity index (χ1n) is 13.3. The van der Waals surface area contributed by atoms with Crippen LogP contribution in [0.5, 0.6) is 11.5 Å². The molecule has 3 aromatic rings. The van der Waals surface area contributed by atoms with Gasteiger partial charge in [-0.2, -0.15) is 0 Å². The van der Waals surface area contributed by atoms with Crippen molar-refractivity contribution in [2.75, 3.05) is 13.7 Å². The van der Waals surface area contributed by atoms with Crippen molar-refractivity contribution in [1.82, 2.24) is 4.90 Å². The largest absolute Gasteiger partial charge is 0.507 e. The van der Waals surface area contributed by atoms with Crippen molar-refractivity contribution in [3.05, 3.63) is 100 Å². The first-order valence-corrected chi connectivity index (χ1v) is 13.3. The quantitative estimate of drug-likeness (QED) is 0.200. The van der Waals surface area contributed by atoms with Crippen molar-refractivity contribution < 1.29 is 24.2 Å². The second-order valence-corrected chi connectivity index (χ2v) is 11.0. The van der Waals surface area contributed by atoms with Gasteiger partial charge in [-0.1, -0.05) is 76.2 Å². The summed E-state index contributed by atoms with van der Waals surface area (Å²) in [5.74, 6) is -0.432. The molecular formula is C33H37NO5. The van der Waals surface area contributed by atoms with E-state index in [4.69, 9.17) is 9.47 Å². The Labute approximate surface area is 230 Å². The minimum Gasteiger partial charge on any atom is -0.507 e. The van der Waals surface area contributed by atoms with Crippen LogP contribution in [0.15, 0.2) is 72.3 Å². The number of ketones is 1. The number of benzene rings is 3. The normalized spacial score (nSPS) is 17.0. The molecule has 0 radical (unpaired) electrons. The van der Waals surface area contributed by atoms with E-state index in [9.17, 15) is 14.7 Å². The molecule has 6 nitrogen and oxygen atoms in total. The zero-order valence-electron chi connectivity index (χ0n) is 23.6. The van der Waals surface area contributed by atoms with Gasteiger partial charge in [0.15, 0.2) is 11.5 Å². The molecular weight excluding hydrogens is 490 g/mol. The molecule has 204 valence electrons. The fraction of sp³-hybridized carbons (Fsp3) is 0.333. The second-order valence-electron chi connectivity index (χ2n) is 11.0. The fourth-order valence-corrected chi connectivity index (χ4v) is 4.90. The minimum absolute atomic E-state index is 0.0858. The summed E-state index contributed by atoms with van der Waals surface area (Å²) in [5, 5.41) is 11.6. The average Bonchev–Trinajstić information content (AvgIpc) is 3.17. The van der Waals surface area contributed by atoms with Gasteiger partial charge in [-0.3, -0.25) is 9.59 Å². The maximum absolute atomic E-state index is 13.4. The number of carbonyl (C=O) groups is 2. The van der Waals surface area contributed by atoms with Crippen molar-refractivity contribution in [3.8, 4) is 11.5 Å². The topological polar surface area (TPSA) is 76.1 Å². The van der Waals surface area contributed by atoms with E-state index in [1.54, 1.807) is 19.2 Å². The average molecular weight is 528 g/mol. The molecule has 0 aromatic heterocycles. The molecule has 1 amide bonds. The van der Waals surface area contributed by atoms with Crippen LogP contribution in [0.1, 0.15) is 68.0 Å². The Hall–Kier alpha value is -4.06. The number of methoxy groups -OCH3 is 1. The van der Waals surface area contributed by atoms with Crippen LogP contribution in [-0.4, -0.2) is 35.4 Å². The lowest BCUT2D eigenvalue weighted by molar-refractivity contribution is -0.139. The molecule has 4 rings (SSSR count). The minimum atomic E-state index is -0.750. The monoisotopic (exact) mass is 527 g/mol. The standard InChI is InChI=1S/C33H37NO5/c1-7-17-34-29(23-14-16-26(27(18-23)38-6)39-20-22-11-9-8-10-12-22)28(31(36)32(34)37)30(35)25-19-24(33(3,4)5)15-13-21(25)2/h8-16,18-19,29,35H,7,17,20H2,1-6H3/b30-28+. The highest BCUT2D eigenvalue weighted by Gasteiger charge is 2.46. The van der Waals surface area contributed by atoms with E-state index in [2.05, 4.69) is 20.8 Å². The van der Waals surface area contributed by atoms with Gasteiger partial charge in [0.2, 0.25) is 0 Å². The maximum atomic E-state index is 13.4. The van der Waals surface area contributed by atoms with E-state index in [1.807, 2.05) is 68.4 Å². The van der Waals surface area contributed by atoms with E-state index in [1.165, 1.54) is 4.90 Å². The highest BCUT2D eigenvalue weighted by atomic mass is 16.5. The Morgan fingerprint density at radius 1 is 0.974 bits per heavy atom. The predicted octanol–water partition coefficient (Wildman–Crippen LogP) is 6.71. The lowest BCUT2D eigenvalue weighted by Crippen LogP contribution is -2.30. The van der Waals surface area contributed by atoms with Gasteiger partial charge in [-0.15, -0.1) is 0 Å². The third kappa shape index (κ3) is 5.70. The van der Waals surface area contributed by atoms with Gasteiger partial charge in [0.25, 0.3) is 11.7 Å².